The van der Waals surface area contributed by atoms with Crippen molar-refractivity contribution in [1.82, 2.24) is 0 Å². The largest absolute Gasteiger partial charge is 0.497 e. The molecule has 0 saturated heterocycles. The van der Waals surface area contributed by atoms with Gasteiger partial charge in [0.2, 0.25) is 5.91 Å². The van der Waals surface area contributed by atoms with Gasteiger partial charge in [0, 0.05) is 17.9 Å². The fourth-order valence-electron chi connectivity index (χ4n) is 2.14. The third-order valence-electron chi connectivity index (χ3n) is 3.47. The van der Waals surface area contributed by atoms with E-state index in [2.05, 4.69) is 5.32 Å². The average molecular weight is 396 g/mol. The van der Waals surface area contributed by atoms with Crippen molar-refractivity contribution in [3.8, 4) is 11.5 Å². The molecule has 0 aliphatic rings. The molecular formula is C18H18ClNO5S. The van der Waals surface area contributed by atoms with Crippen molar-refractivity contribution in [2.24, 2.45) is 0 Å². The molecule has 0 aliphatic carbocycles. The SMILES string of the molecule is COc1ccc(OC)c(/C=C/C(=O)Nc2cc(S(C)(=O)=O)ccc2Cl)c1. The quantitative estimate of drug-likeness (QED) is 0.758. The molecule has 0 aliphatic heterocycles. The van der Waals surface area contributed by atoms with E-state index in [4.69, 9.17) is 21.1 Å². The van der Waals surface area contributed by atoms with Crippen LogP contribution in [0.15, 0.2) is 47.4 Å². The second kappa shape index (κ2) is 8.25. The van der Waals surface area contributed by atoms with Crippen LogP contribution < -0.4 is 14.8 Å². The zero-order valence-electron chi connectivity index (χ0n) is 14.4. The molecule has 0 saturated carbocycles. The molecule has 0 spiro atoms. The molecule has 6 nitrogen and oxygen atoms in total. The maximum absolute atomic E-state index is 12.2. The molecule has 0 aromatic heterocycles. The van der Waals surface area contributed by atoms with E-state index in [-0.39, 0.29) is 15.6 Å². The first-order valence-electron chi connectivity index (χ1n) is 7.45. The van der Waals surface area contributed by atoms with Crippen LogP contribution in [0.5, 0.6) is 11.5 Å². The Balaban J connectivity index is 2.23. The highest BCUT2D eigenvalue weighted by atomic mass is 35.5. The molecule has 0 atom stereocenters. The zero-order valence-corrected chi connectivity index (χ0v) is 16.0. The predicted octanol–water partition coefficient (Wildman–Crippen LogP) is 3.41. The van der Waals surface area contributed by atoms with Crippen LogP contribution in [0.4, 0.5) is 5.69 Å². The van der Waals surface area contributed by atoms with E-state index in [1.807, 2.05) is 0 Å². The highest BCUT2D eigenvalue weighted by Crippen LogP contribution is 2.27. The summed E-state index contributed by atoms with van der Waals surface area (Å²) >= 11 is 6.02. The lowest BCUT2D eigenvalue weighted by Crippen LogP contribution is -2.09. The topological polar surface area (TPSA) is 81.7 Å². The molecule has 26 heavy (non-hydrogen) atoms. The lowest BCUT2D eigenvalue weighted by atomic mass is 10.1. The Morgan fingerprint density at radius 1 is 1.12 bits per heavy atom. The Morgan fingerprint density at radius 2 is 1.85 bits per heavy atom. The van der Waals surface area contributed by atoms with Crippen LogP contribution in [0, 0.1) is 0 Å². The Hall–Kier alpha value is -2.51. The number of hydrogen-bond donors (Lipinski definition) is 1. The summed E-state index contributed by atoms with van der Waals surface area (Å²) < 4.78 is 33.7. The molecule has 1 N–H and O–H groups in total. The van der Waals surface area contributed by atoms with Gasteiger partial charge in [0.1, 0.15) is 11.5 Å². The van der Waals surface area contributed by atoms with E-state index < -0.39 is 15.7 Å². The first-order chi connectivity index (χ1) is 12.2. The van der Waals surface area contributed by atoms with Gasteiger partial charge in [-0.25, -0.2) is 8.42 Å². The summed E-state index contributed by atoms with van der Waals surface area (Å²) in [7, 11) is -0.344. The van der Waals surface area contributed by atoms with Crippen molar-refractivity contribution in [2.75, 3.05) is 25.8 Å². The van der Waals surface area contributed by atoms with Gasteiger partial charge in [0.25, 0.3) is 0 Å². The second-order valence-corrected chi connectivity index (χ2v) is 7.77. The third kappa shape index (κ3) is 5.00. The van der Waals surface area contributed by atoms with Gasteiger partial charge in [-0.2, -0.15) is 0 Å². The van der Waals surface area contributed by atoms with Crippen LogP contribution in [0.25, 0.3) is 6.08 Å². The number of hydrogen-bond acceptors (Lipinski definition) is 5. The molecule has 0 bridgehead atoms. The van der Waals surface area contributed by atoms with Crippen molar-refractivity contribution in [2.45, 2.75) is 4.90 Å². The number of carbonyl (C=O) groups is 1. The second-order valence-electron chi connectivity index (χ2n) is 5.34. The molecule has 0 radical (unpaired) electrons. The maximum Gasteiger partial charge on any atom is 0.248 e. The first-order valence-corrected chi connectivity index (χ1v) is 9.72. The van der Waals surface area contributed by atoms with E-state index in [9.17, 15) is 13.2 Å². The molecule has 0 fully saturated rings. The van der Waals surface area contributed by atoms with Crippen LogP contribution in [-0.4, -0.2) is 34.8 Å². The van der Waals surface area contributed by atoms with Gasteiger partial charge >= 0.3 is 0 Å². The van der Waals surface area contributed by atoms with Crippen molar-refractivity contribution in [3.63, 3.8) is 0 Å². The highest BCUT2D eigenvalue weighted by Gasteiger charge is 2.11. The first kappa shape index (κ1) is 19.8. The average Bonchev–Trinajstić information content (AvgIpc) is 2.60. The normalized spacial score (nSPS) is 11.4. The summed E-state index contributed by atoms with van der Waals surface area (Å²) in [5.41, 5.74) is 0.861. The summed E-state index contributed by atoms with van der Waals surface area (Å²) in [5.74, 6) is 0.726. The van der Waals surface area contributed by atoms with E-state index in [0.29, 0.717) is 17.1 Å². The Morgan fingerprint density at radius 3 is 2.46 bits per heavy atom. The summed E-state index contributed by atoms with van der Waals surface area (Å²) in [6, 6.07) is 9.30. The van der Waals surface area contributed by atoms with Crippen LogP contribution in [0.3, 0.4) is 0 Å². The number of carbonyl (C=O) groups excluding carboxylic acids is 1. The minimum atomic E-state index is -3.41. The monoisotopic (exact) mass is 395 g/mol. The van der Waals surface area contributed by atoms with Crippen molar-refractivity contribution in [1.29, 1.82) is 0 Å². The van der Waals surface area contributed by atoms with Gasteiger partial charge < -0.3 is 14.8 Å². The number of ether oxygens (including phenoxy) is 2. The van der Waals surface area contributed by atoms with Gasteiger partial charge in [-0.05, 0) is 42.5 Å². The van der Waals surface area contributed by atoms with Crippen molar-refractivity contribution in [3.05, 3.63) is 53.1 Å². The van der Waals surface area contributed by atoms with E-state index in [1.165, 1.54) is 31.4 Å². The number of benzene rings is 2. The maximum atomic E-state index is 12.2. The van der Waals surface area contributed by atoms with Crippen LogP contribution in [-0.2, 0) is 14.6 Å². The summed E-state index contributed by atoms with van der Waals surface area (Å²) in [6.07, 6.45) is 3.93. The van der Waals surface area contributed by atoms with E-state index in [1.54, 1.807) is 31.4 Å². The number of sulfone groups is 1. The molecule has 2 rings (SSSR count). The number of rotatable bonds is 6. The highest BCUT2D eigenvalue weighted by molar-refractivity contribution is 7.90. The van der Waals surface area contributed by atoms with Crippen molar-refractivity contribution < 1.29 is 22.7 Å². The molecule has 138 valence electrons. The number of amides is 1. The fraction of sp³-hybridized carbons (Fsp3) is 0.167. The predicted molar refractivity (Wildman–Crippen MR) is 102 cm³/mol. The van der Waals surface area contributed by atoms with Gasteiger partial charge in [-0.3, -0.25) is 4.79 Å². The van der Waals surface area contributed by atoms with Gasteiger partial charge in [0.15, 0.2) is 9.84 Å². The molecule has 0 unspecified atom stereocenters. The minimum Gasteiger partial charge on any atom is -0.497 e. The number of halogens is 1. The lowest BCUT2D eigenvalue weighted by Gasteiger charge is -2.08. The molecule has 8 heteroatoms. The van der Waals surface area contributed by atoms with Gasteiger partial charge in [0.05, 0.1) is 29.8 Å². The Labute approximate surface area is 157 Å². The van der Waals surface area contributed by atoms with Crippen LogP contribution >= 0.6 is 11.6 Å². The van der Waals surface area contributed by atoms with E-state index >= 15 is 0 Å². The summed E-state index contributed by atoms with van der Waals surface area (Å²) in [4.78, 5) is 12.2. The number of nitrogens with one attached hydrogen (secondary N) is 1. The molecule has 1 amide bonds. The van der Waals surface area contributed by atoms with Crippen LogP contribution in [0.2, 0.25) is 5.02 Å². The number of methoxy groups -OCH3 is 2. The number of anilines is 1. The third-order valence-corrected chi connectivity index (χ3v) is 4.91. The summed E-state index contributed by atoms with van der Waals surface area (Å²) in [6.45, 7) is 0. The minimum absolute atomic E-state index is 0.0654. The Kier molecular flexibility index (Phi) is 6.28. The van der Waals surface area contributed by atoms with Crippen LogP contribution in [0.1, 0.15) is 5.56 Å². The summed E-state index contributed by atoms with van der Waals surface area (Å²) in [5, 5.41) is 2.80. The smallest absolute Gasteiger partial charge is 0.248 e. The lowest BCUT2D eigenvalue weighted by molar-refractivity contribution is -0.111. The van der Waals surface area contributed by atoms with E-state index in [0.717, 1.165) is 6.26 Å². The standard InChI is InChI=1S/C18H18ClNO5S/c1-24-13-5-8-17(25-2)12(10-13)4-9-18(21)20-16-11-14(26(3,22)23)6-7-15(16)19/h4-11H,1-3H3,(H,20,21)/b9-4+. The molecule has 2 aromatic rings. The molecule has 2 aromatic carbocycles. The fourth-order valence-corrected chi connectivity index (χ4v) is 2.95. The molecule has 0 heterocycles. The van der Waals surface area contributed by atoms with Gasteiger partial charge in [-0.15, -0.1) is 0 Å². The zero-order chi connectivity index (χ0) is 19.3. The Bertz CT molecular complexity index is 954. The van der Waals surface area contributed by atoms with Gasteiger partial charge in [-0.1, -0.05) is 11.6 Å². The molecular weight excluding hydrogens is 378 g/mol. The van der Waals surface area contributed by atoms with Crippen molar-refractivity contribution >= 4 is 39.1 Å².